The van der Waals surface area contributed by atoms with E-state index in [1.165, 1.54) is 0 Å². The van der Waals surface area contributed by atoms with Crippen molar-refractivity contribution in [2.24, 2.45) is 0 Å². The number of ether oxygens (including phenoxy) is 3. The highest BCUT2D eigenvalue weighted by molar-refractivity contribution is 5.75. The van der Waals surface area contributed by atoms with E-state index in [0.717, 1.165) is 25.2 Å². The molecule has 124 valence electrons. The number of benzene rings is 2. The maximum atomic E-state index is 10.6. The molecule has 0 N–H and O–H groups in total. The molecule has 2 rings (SSSR count). The second kappa shape index (κ2) is 11.4. The second-order valence-electron chi connectivity index (χ2n) is 4.58. The number of aldehydes is 1. The zero-order valence-electron chi connectivity index (χ0n) is 13.9. The Morgan fingerprint density at radius 1 is 0.913 bits per heavy atom. The average molecular weight is 316 g/mol. The van der Waals surface area contributed by atoms with Crippen molar-refractivity contribution >= 4 is 6.29 Å². The summed E-state index contributed by atoms with van der Waals surface area (Å²) in [6, 6.07) is 16.5. The second-order valence-corrected chi connectivity index (χ2v) is 4.58. The molecule has 0 unspecified atom stereocenters. The molecular formula is C19H24O4. The largest absolute Gasteiger partial charge is 0.457 e. The number of rotatable bonds is 7. The Morgan fingerprint density at radius 2 is 1.52 bits per heavy atom. The first kappa shape index (κ1) is 18.9. The lowest BCUT2D eigenvalue weighted by molar-refractivity contribution is -0.123. The molecule has 0 aliphatic rings. The predicted octanol–water partition coefficient (Wildman–Crippen LogP) is 4.70. The fraction of sp³-hybridized carbons (Fsp3) is 0.316. The SMILES string of the molecule is CCOC(C)OCC.O=Cc1cccc(Oc2ccccc2)c1. The molecule has 0 heterocycles. The molecule has 0 radical (unpaired) electrons. The first-order valence-corrected chi connectivity index (χ1v) is 7.70. The minimum Gasteiger partial charge on any atom is -0.457 e. The molecule has 4 heteroatoms. The van der Waals surface area contributed by atoms with Crippen molar-refractivity contribution in [2.45, 2.75) is 27.1 Å². The summed E-state index contributed by atoms with van der Waals surface area (Å²) in [5, 5.41) is 0. The number of hydrogen-bond acceptors (Lipinski definition) is 4. The molecule has 0 saturated heterocycles. The van der Waals surface area contributed by atoms with Crippen LogP contribution in [0.2, 0.25) is 0 Å². The number of carbonyl (C=O) groups excluding carboxylic acids is 1. The summed E-state index contributed by atoms with van der Waals surface area (Å²) in [5.74, 6) is 1.44. The average Bonchev–Trinajstić information content (AvgIpc) is 2.57. The van der Waals surface area contributed by atoms with Gasteiger partial charge in [0.15, 0.2) is 6.29 Å². The molecule has 0 fully saturated rings. The Morgan fingerprint density at radius 3 is 2.09 bits per heavy atom. The highest BCUT2D eigenvalue weighted by Gasteiger charge is 1.97. The summed E-state index contributed by atoms with van der Waals surface area (Å²) >= 11 is 0. The van der Waals surface area contributed by atoms with E-state index >= 15 is 0 Å². The van der Waals surface area contributed by atoms with Gasteiger partial charge in [-0.15, -0.1) is 0 Å². The molecule has 0 bridgehead atoms. The molecule has 0 aliphatic carbocycles. The van der Waals surface area contributed by atoms with Crippen LogP contribution in [0.3, 0.4) is 0 Å². The maximum absolute atomic E-state index is 10.6. The van der Waals surface area contributed by atoms with Gasteiger partial charge in [-0.25, -0.2) is 0 Å². The zero-order valence-corrected chi connectivity index (χ0v) is 13.9. The van der Waals surface area contributed by atoms with Crippen molar-refractivity contribution in [3.05, 3.63) is 60.2 Å². The van der Waals surface area contributed by atoms with Crippen LogP contribution in [0, 0.1) is 0 Å². The van der Waals surface area contributed by atoms with Crippen LogP contribution >= 0.6 is 0 Å². The van der Waals surface area contributed by atoms with E-state index < -0.39 is 0 Å². The van der Waals surface area contributed by atoms with Crippen LogP contribution < -0.4 is 4.74 Å². The van der Waals surface area contributed by atoms with E-state index in [9.17, 15) is 4.79 Å². The Bertz CT molecular complexity index is 548. The normalized spacial score (nSPS) is 9.91. The maximum Gasteiger partial charge on any atom is 0.154 e. The van der Waals surface area contributed by atoms with E-state index in [1.54, 1.807) is 18.2 Å². The van der Waals surface area contributed by atoms with Gasteiger partial charge >= 0.3 is 0 Å². The first-order valence-electron chi connectivity index (χ1n) is 7.70. The van der Waals surface area contributed by atoms with Gasteiger partial charge in [-0.1, -0.05) is 30.3 Å². The van der Waals surface area contributed by atoms with Gasteiger partial charge in [0.05, 0.1) is 0 Å². The van der Waals surface area contributed by atoms with E-state index in [4.69, 9.17) is 14.2 Å². The molecular weight excluding hydrogens is 292 g/mol. The van der Waals surface area contributed by atoms with E-state index in [2.05, 4.69) is 0 Å². The van der Waals surface area contributed by atoms with Gasteiger partial charge in [0.2, 0.25) is 0 Å². The minimum absolute atomic E-state index is 0.0370. The van der Waals surface area contributed by atoms with E-state index in [0.29, 0.717) is 11.3 Å². The monoisotopic (exact) mass is 316 g/mol. The molecule has 0 amide bonds. The van der Waals surface area contributed by atoms with Crippen molar-refractivity contribution in [1.29, 1.82) is 0 Å². The molecule has 0 spiro atoms. The molecule has 0 atom stereocenters. The van der Waals surface area contributed by atoms with Gasteiger partial charge < -0.3 is 14.2 Å². The van der Waals surface area contributed by atoms with Crippen LogP contribution in [-0.4, -0.2) is 25.8 Å². The Labute approximate surface area is 138 Å². The summed E-state index contributed by atoms with van der Waals surface area (Å²) < 4.78 is 15.7. The van der Waals surface area contributed by atoms with E-state index in [-0.39, 0.29) is 6.29 Å². The van der Waals surface area contributed by atoms with Crippen LogP contribution in [0.15, 0.2) is 54.6 Å². The third-order valence-electron chi connectivity index (χ3n) is 2.78. The third-order valence-corrected chi connectivity index (χ3v) is 2.78. The molecule has 23 heavy (non-hydrogen) atoms. The van der Waals surface area contributed by atoms with Crippen LogP contribution in [0.1, 0.15) is 31.1 Å². The van der Waals surface area contributed by atoms with Crippen molar-refractivity contribution < 1.29 is 19.0 Å². The molecule has 0 aromatic heterocycles. The van der Waals surface area contributed by atoms with Gasteiger partial charge in [-0.2, -0.15) is 0 Å². The highest BCUT2D eigenvalue weighted by Crippen LogP contribution is 2.20. The highest BCUT2D eigenvalue weighted by atomic mass is 16.7. The van der Waals surface area contributed by atoms with Crippen molar-refractivity contribution in [2.75, 3.05) is 13.2 Å². The first-order chi connectivity index (χ1) is 11.2. The van der Waals surface area contributed by atoms with Crippen LogP contribution in [-0.2, 0) is 9.47 Å². The molecule has 4 nitrogen and oxygen atoms in total. The predicted molar refractivity (Wildman–Crippen MR) is 91.1 cm³/mol. The number of carbonyl (C=O) groups is 1. The smallest absolute Gasteiger partial charge is 0.154 e. The van der Waals surface area contributed by atoms with Crippen LogP contribution in [0.25, 0.3) is 0 Å². The Hall–Kier alpha value is -2.17. The fourth-order valence-electron chi connectivity index (χ4n) is 1.79. The molecule has 0 saturated carbocycles. The summed E-state index contributed by atoms with van der Waals surface area (Å²) in [6.45, 7) is 7.25. The van der Waals surface area contributed by atoms with Gasteiger partial charge in [-0.3, -0.25) is 4.79 Å². The van der Waals surface area contributed by atoms with E-state index in [1.807, 2.05) is 57.2 Å². The Balaban J connectivity index is 0.000000284. The standard InChI is InChI=1S/C13H10O2.C6H14O2/c14-10-11-5-4-8-13(9-11)15-12-6-2-1-3-7-12;1-4-7-6(3)8-5-2/h1-10H;6H,4-5H2,1-3H3. The summed E-state index contributed by atoms with van der Waals surface area (Å²) in [6.07, 6.45) is 0.766. The molecule has 2 aromatic carbocycles. The van der Waals surface area contributed by atoms with Crippen molar-refractivity contribution in [3.63, 3.8) is 0 Å². The summed E-state index contributed by atoms with van der Waals surface area (Å²) in [7, 11) is 0. The summed E-state index contributed by atoms with van der Waals surface area (Å²) in [5.41, 5.74) is 0.614. The van der Waals surface area contributed by atoms with Crippen molar-refractivity contribution in [1.82, 2.24) is 0 Å². The number of hydrogen-bond donors (Lipinski definition) is 0. The van der Waals surface area contributed by atoms with Gasteiger partial charge in [0.25, 0.3) is 0 Å². The lowest BCUT2D eigenvalue weighted by atomic mass is 10.2. The lowest BCUT2D eigenvalue weighted by Crippen LogP contribution is -2.11. The van der Waals surface area contributed by atoms with Crippen LogP contribution in [0.4, 0.5) is 0 Å². The van der Waals surface area contributed by atoms with Gasteiger partial charge in [0.1, 0.15) is 17.8 Å². The topological polar surface area (TPSA) is 44.8 Å². The fourth-order valence-corrected chi connectivity index (χ4v) is 1.79. The minimum atomic E-state index is -0.0370. The van der Waals surface area contributed by atoms with Gasteiger partial charge in [-0.05, 0) is 45.0 Å². The number of para-hydroxylation sites is 1. The van der Waals surface area contributed by atoms with Gasteiger partial charge in [0, 0.05) is 18.8 Å². The quantitative estimate of drug-likeness (QED) is 0.549. The Kier molecular flexibility index (Phi) is 9.36. The lowest BCUT2D eigenvalue weighted by Gasteiger charge is -2.09. The third kappa shape index (κ3) is 8.14. The van der Waals surface area contributed by atoms with Crippen molar-refractivity contribution in [3.8, 4) is 11.5 Å². The summed E-state index contributed by atoms with van der Waals surface area (Å²) in [4.78, 5) is 10.6. The molecule has 0 aliphatic heterocycles. The van der Waals surface area contributed by atoms with Crippen LogP contribution in [0.5, 0.6) is 11.5 Å². The zero-order chi connectivity index (χ0) is 16.9. The molecule has 2 aromatic rings.